The Balaban J connectivity index is 2.14. The summed E-state index contributed by atoms with van der Waals surface area (Å²) in [6.07, 6.45) is 5.36. The molecule has 0 atom stereocenters. The number of nitrogens with zero attached hydrogens (tertiary/aromatic N) is 2. The fourth-order valence-corrected chi connectivity index (χ4v) is 1.83. The topological polar surface area (TPSA) is 66.0 Å². The Hall–Kier alpha value is -1.58. The van der Waals surface area contributed by atoms with E-state index in [0.29, 0.717) is 11.6 Å². The number of hydrogen-bond acceptors (Lipinski definition) is 3. The van der Waals surface area contributed by atoms with E-state index in [1.54, 1.807) is 6.20 Å². The third-order valence-electron chi connectivity index (χ3n) is 2.81. The number of hydrogen-bond donors (Lipinski definition) is 2. The average Bonchev–Trinajstić information content (AvgIpc) is 3.10. The summed E-state index contributed by atoms with van der Waals surface area (Å²) in [6.45, 7) is 3.23. The van der Waals surface area contributed by atoms with Crippen LogP contribution >= 0.6 is 0 Å². The van der Waals surface area contributed by atoms with Crippen LogP contribution in [-0.4, -0.2) is 23.4 Å². The van der Waals surface area contributed by atoms with Gasteiger partial charge in [0.05, 0.1) is 0 Å². The lowest BCUT2D eigenvalue weighted by Crippen LogP contribution is -2.27. The third-order valence-corrected chi connectivity index (χ3v) is 2.81. The molecular formula is C12H18N4. The second-order valence-electron chi connectivity index (χ2n) is 4.24. The van der Waals surface area contributed by atoms with Crippen LogP contribution in [0.15, 0.2) is 18.3 Å². The molecular weight excluding hydrogens is 200 g/mol. The molecule has 0 spiro atoms. The molecule has 4 heteroatoms. The molecule has 1 fully saturated rings. The minimum absolute atomic E-state index is 0.0764. The molecule has 0 radical (unpaired) electrons. The van der Waals surface area contributed by atoms with E-state index in [9.17, 15) is 0 Å². The Kier molecular flexibility index (Phi) is 3.08. The molecule has 2 rings (SSSR count). The Morgan fingerprint density at radius 2 is 2.31 bits per heavy atom. The fraction of sp³-hybridized carbons (Fsp3) is 0.500. The molecule has 1 aromatic heterocycles. The van der Waals surface area contributed by atoms with Gasteiger partial charge in [0, 0.05) is 24.3 Å². The Morgan fingerprint density at radius 1 is 1.56 bits per heavy atom. The summed E-state index contributed by atoms with van der Waals surface area (Å²) in [7, 11) is 0. The van der Waals surface area contributed by atoms with Crippen LogP contribution in [0.1, 0.15) is 31.7 Å². The Morgan fingerprint density at radius 3 is 2.75 bits per heavy atom. The molecule has 1 aromatic rings. The number of rotatable bonds is 5. The van der Waals surface area contributed by atoms with Crippen LogP contribution in [0.3, 0.4) is 0 Å². The van der Waals surface area contributed by atoms with Gasteiger partial charge in [0.1, 0.15) is 11.7 Å². The summed E-state index contributed by atoms with van der Waals surface area (Å²) < 4.78 is 0. The summed E-state index contributed by atoms with van der Waals surface area (Å²) >= 11 is 0. The standard InChI is InChI=1S/C12H18N4/c1-2-7-16(10-4-5-10)11-6-3-9(8-15-11)12(13)14/h3,6,8,10H,2,4-5,7H2,1H3,(H3,13,14). The van der Waals surface area contributed by atoms with E-state index in [0.717, 1.165) is 18.8 Å². The molecule has 86 valence electrons. The van der Waals surface area contributed by atoms with Crippen molar-refractivity contribution in [1.82, 2.24) is 4.98 Å². The molecule has 0 aliphatic heterocycles. The minimum atomic E-state index is 0.0764. The predicted molar refractivity (Wildman–Crippen MR) is 65.9 cm³/mol. The molecule has 0 bridgehead atoms. The summed E-state index contributed by atoms with van der Waals surface area (Å²) in [6, 6.07) is 4.51. The van der Waals surface area contributed by atoms with E-state index in [2.05, 4.69) is 16.8 Å². The second kappa shape index (κ2) is 4.51. The highest BCUT2D eigenvalue weighted by molar-refractivity contribution is 5.94. The molecule has 0 unspecified atom stereocenters. The summed E-state index contributed by atoms with van der Waals surface area (Å²) in [5.74, 6) is 1.09. The largest absolute Gasteiger partial charge is 0.384 e. The van der Waals surface area contributed by atoms with Crippen molar-refractivity contribution in [2.24, 2.45) is 5.73 Å². The van der Waals surface area contributed by atoms with Gasteiger partial charge < -0.3 is 10.6 Å². The highest BCUT2D eigenvalue weighted by atomic mass is 15.2. The highest BCUT2D eigenvalue weighted by Gasteiger charge is 2.29. The first-order valence-electron chi connectivity index (χ1n) is 5.79. The van der Waals surface area contributed by atoms with Crippen LogP contribution in [0.5, 0.6) is 0 Å². The van der Waals surface area contributed by atoms with Crippen molar-refractivity contribution in [3.8, 4) is 0 Å². The molecule has 1 saturated carbocycles. The van der Waals surface area contributed by atoms with Gasteiger partial charge in [-0.15, -0.1) is 0 Å². The second-order valence-corrected chi connectivity index (χ2v) is 4.24. The third kappa shape index (κ3) is 2.32. The molecule has 16 heavy (non-hydrogen) atoms. The Labute approximate surface area is 96.0 Å². The number of aromatic nitrogens is 1. The normalized spacial score (nSPS) is 14.8. The first-order valence-corrected chi connectivity index (χ1v) is 5.79. The average molecular weight is 218 g/mol. The van der Waals surface area contributed by atoms with E-state index in [4.69, 9.17) is 11.1 Å². The van der Waals surface area contributed by atoms with Crippen molar-refractivity contribution in [3.63, 3.8) is 0 Å². The van der Waals surface area contributed by atoms with Gasteiger partial charge in [0.2, 0.25) is 0 Å². The summed E-state index contributed by atoms with van der Waals surface area (Å²) in [5.41, 5.74) is 6.09. The maximum atomic E-state index is 7.32. The lowest BCUT2D eigenvalue weighted by atomic mass is 10.2. The molecule has 0 saturated heterocycles. The van der Waals surface area contributed by atoms with Gasteiger partial charge >= 0.3 is 0 Å². The zero-order valence-electron chi connectivity index (χ0n) is 9.61. The van der Waals surface area contributed by atoms with Crippen LogP contribution in [0, 0.1) is 5.41 Å². The van der Waals surface area contributed by atoms with E-state index in [1.165, 1.54) is 12.8 Å². The van der Waals surface area contributed by atoms with E-state index in [1.807, 2.05) is 12.1 Å². The summed E-state index contributed by atoms with van der Waals surface area (Å²) in [4.78, 5) is 6.74. The van der Waals surface area contributed by atoms with Crippen LogP contribution in [0.2, 0.25) is 0 Å². The van der Waals surface area contributed by atoms with Crippen LogP contribution in [-0.2, 0) is 0 Å². The maximum Gasteiger partial charge on any atom is 0.128 e. The maximum absolute atomic E-state index is 7.32. The monoisotopic (exact) mass is 218 g/mol. The molecule has 1 heterocycles. The molecule has 3 N–H and O–H groups in total. The molecule has 1 aliphatic rings. The van der Waals surface area contributed by atoms with Gasteiger partial charge in [-0.05, 0) is 31.4 Å². The predicted octanol–water partition coefficient (Wildman–Crippen LogP) is 1.74. The van der Waals surface area contributed by atoms with E-state index in [-0.39, 0.29) is 5.84 Å². The van der Waals surface area contributed by atoms with Gasteiger partial charge in [0.25, 0.3) is 0 Å². The molecule has 4 nitrogen and oxygen atoms in total. The zero-order valence-corrected chi connectivity index (χ0v) is 9.61. The number of nitrogens with two attached hydrogens (primary N) is 1. The lowest BCUT2D eigenvalue weighted by molar-refractivity contribution is 0.750. The van der Waals surface area contributed by atoms with E-state index >= 15 is 0 Å². The number of anilines is 1. The number of nitrogens with one attached hydrogen (secondary N) is 1. The molecule has 0 amide bonds. The van der Waals surface area contributed by atoms with E-state index < -0.39 is 0 Å². The van der Waals surface area contributed by atoms with Gasteiger partial charge in [-0.25, -0.2) is 4.98 Å². The molecule has 0 aromatic carbocycles. The van der Waals surface area contributed by atoms with Crippen LogP contribution in [0.4, 0.5) is 5.82 Å². The van der Waals surface area contributed by atoms with Gasteiger partial charge in [-0.2, -0.15) is 0 Å². The Bertz CT molecular complexity index is 367. The van der Waals surface area contributed by atoms with Gasteiger partial charge in [-0.3, -0.25) is 5.41 Å². The summed E-state index contributed by atoms with van der Waals surface area (Å²) in [5, 5.41) is 7.32. The number of amidine groups is 1. The van der Waals surface area contributed by atoms with Crippen molar-refractivity contribution in [1.29, 1.82) is 5.41 Å². The van der Waals surface area contributed by atoms with Crippen molar-refractivity contribution in [2.45, 2.75) is 32.2 Å². The SMILES string of the molecule is CCCN(c1ccc(C(=N)N)cn1)C1CC1. The van der Waals surface area contributed by atoms with Gasteiger partial charge in [-0.1, -0.05) is 6.92 Å². The number of nitrogen functional groups attached to an aromatic ring is 1. The highest BCUT2D eigenvalue weighted by Crippen LogP contribution is 2.30. The van der Waals surface area contributed by atoms with Crippen molar-refractivity contribution < 1.29 is 0 Å². The number of pyridine rings is 1. The van der Waals surface area contributed by atoms with Crippen LogP contribution < -0.4 is 10.6 Å². The quantitative estimate of drug-likeness (QED) is 0.584. The van der Waals surface area contributed by atoms with Crippen molar-refractivity contribution in [2.75, 3.05) is 11.4 Å². The van der Waals surface area contributed by atoms with Crippen molar-refractivity contribution in [3.05, 3.63) is 23.9 Å². The minimum Gasteiger partial charge on any atom is -0.384 e. The first-order chi connectivity index (χ1) is 7.72. The van der Waals surface area contributed by atoms with Crippen molar-refractivity contribution >= 4 is 11.7 Å². The first kappa shape index (κ1) is 10.9. The van der Waals surface area contributed by atoms with Crippen LogP contribution in [0.25, 0.3) is 0 Å². The molecule has 1 aliphatic carbocycles. The fourth-order valence-electron chi connectivity index (χ4n) is 1.83. The zero-order chi connectivity index (χ0) is 11.5. The smallest absolute Gasteiger partial charge is 0.128 e. The lowest BCUT2D eigenvalue weighted by Gasteiger charge is -2.22. The van der Waals surface area contributed by atoms with Gasteiger partial charge in [0.15, 0.2) is 0 Å².